The summed E-state index contributed by atoms with van der Waals surface area (Å²) in [5.41, 5.74) is 3.39. The molecule has 4 rings (SSSR count). The lowest BCUT2D eigenvalue weighted by Gasteiger charge is -2.29. The molecular formula is C16H22N2O. The van der Waals surface area contributed by atoms with E-state index in [1.165, 1.54) is 30.4 Å². The highest BCUT2D eigenvalue weighted by molar-refractivity contribution is 5.34. The summed E-state index contributed by atoms with van der Waals surface area (Å²) in [6.07, 6.45) is 4.09. The zero-order chi connectivity index (χ0) is 12.7. The molecule has 0 spiro atoms. The van der Waals surface area contributed by atoms with Crippen molar-refractivity contribution in [1.29, 1.82) is 0 Å². The van der Waals surface area contributed by atoms with Crippen LogP contribution in [0.25, 0.3) is 0 Å². The van der Waals surface area contributed by atoms with Gasteiger partial charge in [0.1, 0.15) is 0 Å². The summed E-state index contributed by atoms with van der Waals surface area (Å²) in [6, 6.07) is 9.42. The molecule has 19 heavy (non-hydrogen) atoms. The average Bonchev–Trinajstić information content (AvgIpc) is 3.09. The lowest BCUT2D eigenvalue weighted by Crippen LogP contribution is -2.41. The molecule has 0 unspecified atom stereocenters. The first kappa shape index (κ1) is 11.9. The summed E-state index contributed by atoms with van der Waals surface area (Å²) < 4.78 is 5.86. The Morgan fingerprint density at radius 3 is 3.32 bits per heavy atom. The Balaban J connectivity index is 1.46. The summed E-state index contributed by atoms with van der Waals surface area (Å²) in [5.74, 6) is 0. The standard InChI is InChI=1S/C16H22N2O/c1-2-4-13-12(3-1)5-6-14(13)18-11-16-7-8-19-15(16)9-17-10-16/h1-4,14-15,17-18H,5-11H2/t14-,15+,16-/m1/s1. The number of nitrogens with one attached hydrogen (secondary N) is 2. The number of aryl methyl sites for hydroxylation is 1. The maximum atomic E-state index is 5.86. The largest absolute Gasteiger partial charge is 0.376 e. The maximum Gasteiger partial charge on any atom is 0.0780 e. The van der Waals surface area contributed by atoms with E-state index in [9.17, 15) is 0 Å². The topological polar surface area (TPSA) is 33.3 Å². The highest BCUT2D eigenvalue weighted by Crippen LogP contribution is 2.38. The van der Waals surface area contributed by atoms with Crippen LogP contribution in [-0.2, 0) is 11.2 Å². The lowest BCUT2D eigenvalue weighted by molar-refractivity contribution is 0.0812. The molecule has 3 atom stereocenters. The van der Waals surface area contributed by atoms with E-state index < -0.39 is 0 Å². The van der Waals surface area contributed by atoms with Crippen LogP contribution in [0.5, 0.6) is 0 Å². The van der Waals surface area contributed by atoms with Crippen molar-refractivity contribution in [1.82, 2.24) is 10.6 Å². The SMILES string of the molecule is c1ccc2c(c1)CC[C@H]2NC[C@]12CCO[C@H]1CNC2. The van der Waals surface area contributed by atoms with Crippen LogP contribution in [0.15, 0.2) is 24.3 Å². The van der Waals surface area contributed by atoms with Crippen LogP contribution in [0.3, 0.4) is 0 Å². The summed E-state index contributed by atoms with van der Waals surface area (Å²) in [4.78, 5) is 0. The van der Waals surface area contributed by atoms with Crippen molar-refractivity contribution >= 4 is 0 Å². The quantitative estimate of drug-likeness (QED) is 0.865. The third kappa shape index (κ3) is 1.92. The molecule has 3 nitrogen and oxygen atoms in total. The molecule has 2 fully saturated rings. The zero-order valence-corrected chi connectivity index (χ0v) is 11.3. The third-order valence-electron chi connectivity index (χ3n) is 5.24. The van der Waals surface area contributed by atoms with Crippen molar-refractivity contribution in [2.75, 3.05) is 26.2 Å². The first-order valence-electron chi connectivity index (χ1n) is 7.51. The van der Waals surface area contributed by atoms with E-state index >= 15 is 0 Å². The Bertz CT molecular complexity index is 464. The van der Waals surface area contributed by atoms with E-state index in [0.29, 0.717) is 17.6 Å². The van der Waals surface area contributed by atoms with Crippen LogP contribution in [0.2, 0.25) is 0 Å². The van der Waals surface area contributed by atoms with Crippen molar-refractivity contribution in [2.24, 2.45) is 5.41 Å². The molecule has 2 saturated heterocycles. The first-order chi connectivity index (χ1) is 9.37. The van der Waals surface area contributed by atoms with Crippen molar-refractivity contribution < 1.29 is 4.74 Å². The number of ether oxygens (including phenoxy) is 1. The van der Waals surface area contributed by atoms with Crippen LogP contribution in [0, 0.1) is 5.41 Å². The summed E-state index contributed by atoms with van der Waals surface area (Å²) in [5, 5.41) is 7.32. The highest BCUT2D eigenvalue weighted by Gasteiger charge is 2.47. The van der Waals surface area contributed by atoms with Crippen molar-refractivity contribution in [3.8, 4) is 0 Å². The van der Waals surface area contributed by atoms with Crippen molar-refractivity contribution in [3.05, 3.63) is 35.4 Å². The fourth-order valence-electron chi connectivity index (χ4n) is 4.03. The molecule has 0 saturated carbocycles. The van der Waals surface area contributed by atoms with E-state index in [1.54, 1.807) is 0 Å². The Labute approximate surface area is 114 Å². The molecule has 1 aromatic rings. The predicted molar refractivity (Wildman–Crippen MR) is 75.2 cm³/mol. The molecule has 3 aliphatic rings. The molecule has 0 amide bonds. The zero-order valence-electron chi connectivity index (χ0n) is 11.3. The van der Waals surface area contributed by atoms with Gasteiger partial charge in [0.2, 0.25) is 0 Å². The fraction of sp³-hybridized carbons (Fsp3) is 0.625. The van der Waals surface area contributed by atoms with Gasteiger partial charge in [-0.15, -0.1) is 0 Å². The van der Waals surface area contributed by atoms with Crippen LogP contribution >= 0.6 is 0 Å². The number of rotatable bonds is 3. The Morgan fingerprint density at radius 1 is 1.37 bits per heavy atom. The molecule has 0 bridgehead atoms. The average molecular weight is 258 g/mol. The second-order valence-corrected chi connectivity index (χ2v) is 6.27. The van der Waals surface area contributed by atoms with Crippen molar-refractivity contribution in [3.63, 3.8) is 0 Å². The van der Waals surface area contributed by atoms with Crippen LogP contribution in [0.4, 0.5) is 0 Å². The maximum absolute atomic E-state index is 5.86. The van der Waals surface area contributed by atoms with E-state index in [1.807, 2.05) is 0 Å². The van der Waals surface area contributed by atoms with Gasteiger partial charge in [0.25, 0.3) is 0 Å². The second-order valence-electron chi connectivity index (χ2n) is 6.27. The summed E-state index contributed by atoms with van der Waals surface area (Å²) in [7, 11) is 0. The molecule has 0 radical (unpaired) electrons. The normalized spacial score (nSPS) is 36.4. The molecule has 2 heterocycles. The Kier molecular flexibility index (Phi) is 2.87. The van der Waals surface area contributed by atoms with Gasteiger partial charge in [-0.05, 0) is 30.4 Å². The van der Waals surface area contributed by atoms with Gasteiger partial charge in [-0.3, -0.25) is 0 Å². The van der Waals surface area contributed by atoms with Crippen LogP contribution < -0.4 is 10.6 Å². The molecule has 1 aromatic carbocycles. The third-order valence-corrected chi connectivity index (χ3v) is 5.24. The monoisotopic (exact) mass is 258 g/mol. The van der Waals surface area contributed by atoms with Crippen LogP contribution in [0.1, 0.15) is 30.0 Å². The van der Waals surface area contributed by atoms with Gasteiger partial charge in [-0.25, -0.2) is 0 Å². The summed E-state index contributed by atoms with van der Waals surface area (Å²) in [6.45, 7) is 4.17. The van der Waals surface area contributed by atoms with E-state index in [-0.39, 0.29) is 0 Å². The van der Waals surface area contributed by atoms with Gasteiger partial charge in [0, 0.05) is 37.7 Å². The minimum atomic E-state index is 0.345. The second kappa shape index (κ2) is 4.58. The van der Waals surface area contributed by atoms with Gasteiger partial charge >= 0.3 is 0 Å². The molecule has 1 aliphatic carbocycles. The Morgan fingerprint density at radius 2 is 2.32 bits per heavy atom. The van der Waals surface area contributed by atoms with Gasteiger partial charge in [-0.1, -0.05) is 24.3 Å². The fourth-order valence-corrected chi connectivity index (χ4v) is 4.03. The Hall–Kier alpha value is -0.900. The number of hydrogen-bond donors (Lipinski definition) is 2. The lowest BCUT2D eigenvalue weighted by atomic mass is 9.83. The summed E-state index contributed by atoms with van der Waals surface area (Å²) >= 11 is 0. The molecule has 2 N–H and O–H groups in total. The predicted octanol–water partition coefficient (Wildman–Crippen LogP) is 1.64. The molecule has 0 aromatic heterocycles. The number of hydrogen-bond acceptors (Lipinski definition) is 3. The smallest absolute Gasteiger partial charge is 0.0780 e. The highest BCUT2D eigenvalue weighted by atomic mass is 16.5. The minimum Gasteiger partial charge on any atom is -0.376 e. The van der Waals surface area contributed by atoms with Gasteiger partial charge in [0.15, 0.2) is 0 Å². The molecule has 3 heteroatoms. The molecule has 102 valence electrons. The van der Waals surface area contributed by atoms with Gasteiger partial charge < -0.3 is 15.4 Å². The number of fused-ring (bicyclic) bond motifs is 2. The molecular weight excluding hydrogens is 236 g/mol. The van der Waals surface area contributed by atoms with Gasteiger partial charge in [0.05, 0.1) is 6.10 Å². The van der Waals surface area contributed by atoms with Gasteiger partial charge in [-0.2, -0.15) is 0 Å². The number of benzene rings is 1. The minimum absolute atomic E-state index is 0.345. The first-order valence-corrected chi connectivity index (χ1v) is 7.51. The molecule has 2 aliphatic heterocycles. The van der Waals surface area contributed by atoms with E-state index in [4.69, 9.17) is 4.74 Å². The van der Waals surface area contributed by atoms with E-state index in [2.05, 4.69) is 34.9 Å². The van der Waals surface area contributed by atoms with E-state index in [0.717, 1.165) is 26.2 Å². The van der Waals surface area contributed by atoms with Crippen LogP contribution in [-0.4, -0.2) is 32.3 Å². The van der Waals surface area contributed by atoms with Crippen molar-refractivity contribution in [2.45, 2.75) is 31.4 Å².